The summed E-state index contributed by atoms with van der Waals surface area (Å²) in [6.45, 7) is 0. The van der Waals surface area contributed by atoms with Crippen molar-refractivity contribution in [3.05, 3.63) is 140 Å². The van der Waals surface area contributed by atoms with Gasteiger partial charge in [-0.15, -0.1) is 0 Å². The van der Waals surface area contributed by atoms with Crippen LogP contribution in [0.2, 0.25) is 0 Å². The van der Waals surface area contributed by atoms with Crippen LogP contribution in [-0.2, 0) is 0 Å². The van der Waals surface area contributed by atoms with Gasteiger partial charge in [-0.25, -0.2) is 15.0 Å². The fraction of sp³-hybridized carbons (Fsp3) is 0. The van der Waals surface area contributed by atoms with Crippen molar-refractivity contribution in [2.75, 3.05) is 0 Å². The molecule has 3 heteroatoms. The van der Waals surface area contributed by atoms with Gasteiger partial charge in [-0.3, -0.25) is 0 Å². The molecule has 0 aliphatic carbocycles. The van der Waals surface area contributed by atoms with E-state index in [1.54, 1.807) is 0 Å². The molecule has 0 radical (unpaired) electrons. The molecule has 7 rings (SSSR count). The maximum Gasteiger partial charge on any atom is 0.164 e. The van der Waals surface area contributed by atoms with Gasteiger partial charge >= 0.3 is 0 Å². The van der Waals surface area contributed by atoms with Crippen LogP contribution < -0.4 is 0 Å². The predicted octanol–water partition coefficient (Wildman–Crippen LogP) is 8.85. The van der Waals surface area contributed by atoms with Crippen LogP contribution in [0.1, 0.15) is 0 Å². The highest BCUT2D eigenvalue weighted by molar-refractivity contribution is 6.13. The standard InChI is InChI=1S/C35H23N3/c1-3-11-25(12-4-1)33-36-34(26-13-5-2-6-14-26)38-35(37-33)27-21-19-24(20-22-27)32-23-28-15-7-8-16-29(28)30-17-9-10-18-31(30)32/h1-23H. The molecule has 3 nitrogen and oxygen atoms in total. The number of benzene rings is 6. The van der Waals surface area contributed by atoms with Crippen molar-refractivity contribution < 1.29 is 0 Å². The molecule has 0 amide bonds. The zero-order valence-electron chi connectivity index (χ0n) is 20.6. The first-order valence-corrected chi connectivity index (χ1v) is 12.7. The van der Waals surface area contributed by atoms with E-state index >= 15 is 0 Å². The number of fused-ring (bicyclic) bond motifs is 3. The van der Waals surface area contributed by atoms with Crippen molar-refractivity contribution in [1.29, 1.82) is 0 Å². The summed E-state index contributed by atoms with van der Waals surface area (Å²) >= 11 is 0. The Labute approximate surface area is 221 Å². The first-order valence-electron chi connectivity index (χ1n) is 12.7. The number of nitrogens with zero attached hydrogens (tertiary/aromatic N) is 3. The molecular formula is C35H23N3. The first-order chi connectivity index (χ1) is 18.8. The molecule has 6 aromatic carbocycles. The second-order valence-electron chi connectivity index (χ2n) is 9.31. The molecule has 0 saturated heterocycles. The van der Waals surface area contributed by atoms with E-state index in [0.717, 1.165) is 22.3 Å². The molecule has 0 spiro atoms. The van der Waals surface area contributed by atoms with Gasteiger partial charge in [0, 0.05) is 16.7 Å². The van der Waals surface area contributed by atoms with E-state index in [1.807, 2.05) is 60.7 Å². The highest BCUT2D eigenvalue weighted by atomic mass is 15.0. The lowest BCUT2D eigenvalue weighted by molar-refractivity contribution is 1.07. The van der Waals surface area contributed by atoms with Gasteiger partial charge in [-0.2, -0.15) is 0 Å². The normalized spacial score (nSPS) is 11.2. The molecule has 0 aliphatic heterocycles. The van der Waals surface area contributed by atoms with E-state index in [9.17, 15) is 0 Å². The van der Waals surface area contributed by atoms with Gasteiger partial charge < -0.3 is 0 Å². The number of hydrogen-bond donors (Lipinski definition) is 0. The van der Waals surface area contributed by atoms with Gasteiger partial charge in [0.05, 0.1) is 0 Å². The average Bonchev–Trinajstić information content (AvgIpc) is 3.01. The second-order valence-corrected chi connectivity index (χ2v) is 9.31. The Hall–Kier alpha value is -5.15. The van der Waals surface area contributed by atoms with Gasteiger partial charge in [0.2, 0.25) is 0 Å². The summed E-state index contributed by atoms with van der Waals surface area (Å²) in [5.74, 6) is 1.99. The minimum absolute atomic E-state index is 0.660. The van der Waals surface area contributed by atoms with E-state index < -0.39 is 0 Å². The maximum absolute atomic E-state index is 4.87. The average molecular weight is 486 g/mol. The SMILES string of the molecule is c1ccc(-c2nc(-c3ccccc3)nc(-c3ccc(-c4cc5ccccc5c5ccccc45)cc3)n2)cc1. The highest BCUT2D eigenvalue weighted by Gasteiger charge is 2.13. The molecule has 0 bridgehead atoms. The van der Waals surface area contributed by atoms with Crippen LogP contribution in [-0.4, -0.2) is 15.0 Å². The van der Waals surface area contributed by atoms with Crippen molar-refractivity contribution in [2.45, 2.75) is 0 Å². The molecule has 178 valence electrons. The Bertz CT molecular complexity index is 1840. The fourth-order valence-electron chi connectivity index (χ4n) is 5.03. The van der Waals surface area contributed by atoms with Crippen LogP contribution >= 0.6 is 0 Å². The van der Waals surface area contributed by atoms with Gasteiger partial charge in [0.1, 0.15) is 0 Å². The van der Waals surface area contributed by atoms with Crippen LogP contribution in [0.5, 0.6) is 0 Å². The summed E-state index contributed by atoms with van der Waals surface area (Å²) in [7, 11) is 0. The van der Waals surface area contributed by atoms with Crippen molar-refractivity contribution in [2.24, 2.45) is 0 Å². The van der Waals surface area contributed by atoms with Gasteiger partial charge in [-0.05, 0) is 38.7 Å². The van der Waals surface area contributed by atoms with Crippen LogP contribution in [0.4, 0.5) is 0 Å². The van der Waals surface area contributed by atoms with E-state index in [-0.39, 0.29) is 0 Å². The third-order valence-electron chi connectivity index (χ3n) is 6.92. The van der Waals surface area contributed by atoms with Crippen molar-refractivity contribution in [3.8, 4) is 45.3 Å². The Balaban J connectivity index is 1.35. The Kier molecular flexibility index (Phi) is 5.45. The van der Waals surface area contributed by atoms with Crippen molar-refractivity contribution in [1.82, 2.24) is 15.0 Å². The van der Waals surface area contributed by atoms with Crippen LogP contribution in [0.25, 0.3) is 66.8 Å². The summed E-state index contributed by atoms with van der Waals surface area (Å²) in [5, 5.41) is 5.03. The molecule has 0 fully saturated rings. The number of hydrogen-bond acceptors (Lipinski definition) is 3. The Morgan fingerprint density at radius 3 is 1.32 bits per heavy atom. The minimum atomic E-state index is 0.660. The monoisotopic (exact) mass is 485 g/mol. The lowest BCUT2D eigenvalue weighted by atomic mass is 9.93. The van der Waals surface area contributed by atoms with E-state index in [1.165, 1.54) is 27.1 Å². The maximum atomic E-state index is 4.87. The molecule has 0 aliphatic rings. The molecule has 1 heterocycles. The Morgan fingerprint density at radius 1 is 0.316 bits per heavy atom. The molecule has 0 saturated carbocycles. The Morgan fingerprint density at radius 2 is 0.737 bits per heavy atom. The van der Waals surface area contributed by atoms with Crippen molar-refractivity contribution in [3.63, 3.8) is 0 Å². The third kappa shape index (κ3) is 4.00. The number of aromatic nitrogens is 3. The van der Waals surface area contributed by atoms with Crippen LogP contribution in [0.3, 0.4) is 0 Å². The summed E-state index contributed by atoms with van der Waals surface area (Å²) < 4.78 is 0. The zero-order chi connectivity index (χ0) is 25.3. The summed E-state index contributed by atoms with van der Waals surface area (Å²) in [5.41, 5.74) is 5.27. The molecule has 38 heavy (non-hydrogen) atoms. The minimum Gasteiger partial charge on any atom is -0.208 e. The number of rotatable bonds is 4. The third-order valence-corrected chi connectivity index (χ3v) is 6.92. The lowest BCUT2D eigenvalue weighted by Crippen LogP contribution is -2.00. The summed E-state index contributed by atoms with van der Waals surface area (Å²) in [4.78, 5) is 14.5. The summed E-state index contributed by atoms with van der Waals surface area (Å²) in [6, 6.07) is 48.2. The molecule has 1 aromatic heterocycles. The summed E-state index contributed by atoms with van der Waals surface area (Å²) in [6.07, 6.45) is 0. The molecule has 0 atom stereocenters. The molecule has 0 N–H and O–H groups in total. The smallest absolute Gasteiger partial charge is 0.164 e. The van der Waals surface area contributed by atoms with E-state index in [0.29, 0.717) is 17.5 Å². The van der Waals surface area contributed by atoms with Gasteiger partial charge in [0.25, 0.3) is 0 Å². The lowest BCUT2D eigenvalue weighted by Gasteiger charge is -2.12. The second kappa shape index (κ2) is 9.38. The molecule has 7 aromatic rings. The molecular weight excluding hydrogens is 462 g/mol. The topological polar surface area (TPSA) is 38.7 Å². The molecule has 0 unspecified atom stereocenters. The van der Waals surface area contributed by atoms with Crippen molar-refractivity contribution >= 4 is 21.5 Å². The first kappa shape index (κ1) is 22.1. The fourth-order valence-corrected chi connectivity index (χ4v) is 5.03. The quantitative estimate of drug-likeness (QED) is 0.234. The van der Waals surface area contributed by atoms with E-state index in [4.69, 9.17) is 15.0 Å². The highest BCUT2D eigenvalue weighted by Crippen LogP contribution is 2.35. The van der Waals surface area contributed by atoms with E-state index in [2.05, 4.69) is 78.9 Å². The van der Waals surface area contributed by atoms with Crippen LogP contribution in [0.15, 0.2) is 140 Å². The predicted molar refractivity (Wildman–Crippen MR) is 157 cm³/mol. The van der Waals surface area contributed by atoms with Gasteiger partial charge in [0.15, 0.2) is 17.5 Å². The van der Waals surface area contributed by atoms with Crippen LogP contribution in [0, 0.1) is 0 Å². The zero-order valence-corrected chi connectivity index (χ0v) is 20.6. The van der Waals surface area contributed by atoms with Gasteiger partial charge in [-0.1, -0.05) is 133 Å². The largest absolute Gasteiger partial charge is 0.208 e.